The number of imidazole rings is 1. The molecule has 2 aliphatic rings. The van der Waals surface area contributed by atoms with Crippen molar-refractivity contribution in [3.63, 3.8) is 0 Å². The molecule has 2 aliphatic heterocycles. The largest absolute Gasteiger partial charge is 0.444 e. The highest BCUT2D eigenvalue weighted by atomic mass is 19.2. The number of hydrogen-bond donors (Lipinski definition) is 1. The first-order valence-corrected chi connectivity index (χ1v) is 12.9. The van der Waals surface area contributed by atoms with Gasteiger partial charge in [-0.15, -0.1) is 0 Å². The second-order valence-electron chi connectivity index (χ2n) is 9.69. The van der Waals surface area contributed by atoms with Crippen molar-refractivity contribution in [1.82, 2.24) is 19.8 Å². The fourth-order valence-electron chi connectivity index (χ4n) is 4.67. The standard InChI is InChI=1S/C23H27F3N4O3.2C2H6/c1-12-10-27-21-19-8-15(30(12)21)11-29(19)20(31)7-14(28-22(32)33-23(2,3)4)5-13-6-17(25)18(26)9-16(13)24;2*1-2/h6,9-10,14-15,19H,5,7-8,11H2,1-4H3,(H,28,32);2*1-2H3. The van der Waals surface area contributed by atoms with Gasteiger partial charge in [0.05, 0.1) is 12.1 Å². The van der Waals surface area contributed by atoms with Gasteiger partial charge in [0.25, 0.3) is 0 Å². The number of amides is 2. The van der Waals surface area contributed by atoms with Gasteiger partial charge in [0, 0.05) is 37.0 Å². The summed E-state index contributed by atoms with van der Waals surface area (Å²) in [6, 6.07) is 0.317. The molecule has 2 aromatic rings. The lowest BCUT2D eigenvalue weighted by atomic mass is 10.0. The summed E-state index contributed by atoms with van der Waals surface area (Å²) in [6.07, 6.45) is 1.42. The number of aryl methyl sites for hydroxylation is 1. The first-order chi connectivity index (χ1) is 17.4. The molecule has 1 N–H and O–H groups in total. The van der Waals surface area contributed by atoms with E-state index in [4.69, 9.17) is 4.74 Å². The van der Waals surface area contributed by atoms with E-state index in [-0.39, 0.29) is 36.4 Å². The van der Waals surface area contributed by atoms with E-state index >= 15 is 0 Å². The molecular weight excluding hydrogens is 485 g/mol. The number of benzene rings is 1. The molecule has 3 atom stereocenters. The van der Waals surface area contributed by atoms with Crippen molar-refractivity contribution in [3.05, 3.63) is 52.9 Å². The molecule has 2 amide bonds. The lowest BCUT2D eigenvalue weighted by Crippen LogP contribution is -2.44. The maximum absolute atomic E-state index is 14.3. The minimum atomic E-state index is -1.30. The van der Waals surface area contributed by atoms with Crippen LogP contribution in [0.5, 0.6) is 0 Å². The van der Waals surface area contributed by atoms with Crippen LogP contribution in [-0.2, 0) is 16.0 Å². The number of carbonyl (C=O) groups excluding carboxylic acids is 2. The van der Waals surface area contributed by atoms with Gasteiger partial charge in [0.15, 0.2) is 11.6 Å². The monoisotopic (exact) mass is 524 g/mol. The van der Waals surface area contributed by atoms with Crippen molar-refractivity contribution in [2.24, 2.45) is 0 Å². The highest BCUT2D eigenvalue weighted by Crippen LogP contribution is 2.46. The van der Waals surface area contributed by atoms with Crippen LogP contribution in [0.2, 0.25) is 0 Å². The van der Waals surface area contributed by atoms with Crippen LogP contribution in [0.1, 0.15) is 90.5 Å². The molecule has 10 heteroatoms. The molecule has 0 saturated carbocycles. The Morgan fingerprint density at radius 1 is 1.11 bits per heavy atom. The van der Waals surface area contributed by atoms with Gasteiger partial charge < -0.3 is 19.5 Å². The number of ether oxygens (including phenoxy) is 1. The first kappa shape index (κ1) is 30.2. The number of nitrogens with one attached hydrogen (secondary N) is 1. The normalized spacial score (nSPS) is 18.2. The Balaban J connectivity index is 0.00000115. The predicted octanol–water partition coefficient (Wildman–Crippen LogP) is 6.02. The second-order valence-corrected chi connectivity index (χ2v) is 9.69. The predicted molar refractivity (Wildman–Crippen MR) is 136 cm³/mol. The van der Waals surface area contributed by atoms with Crippen LogP contribution in [0.4, 0.5) is 18.0 Å². The molecule has 4 rings (SSSR count). The summed E-state index contributed by atoms with van der Waals surface area (Å²) in [4.78, 5) is 31.7. The van der Waals surface area contributed by atoms with Crippen LogP contribution in [0.25, 0.3) is 0 Å². The zero-order valence-corrected chi connectivity index (χ0v) is 23.0. The van der Waals surface area contributed by atoms with Crippen molar-refractivity contribution in [2.45, 2.75) is 98.4 Å². The van der Waals surface area contributed by atoms with Gasteiger partial charge in [-0.3, -0.25) is 4.79 Å². The Labute approximate surface area is 217 Å². The van der Waals surface area contributed by atoms with Gasteiger partial charge in [0.2, 0.25) is 5.91 Å². The van der Waals surface area contributed by atoms with Crippen molar-refractivity contribution < 1.29 is 27.5 Å². The zero-order chi connectivity index (χ0) is 28.1. The molecule has 1 fully saturated rings. The quantitative estimate of drug-likeness (QED) is 0.486. The highest BCUT2D eigenvalue weighted by Gasteiger charge is 2.46. The summed E-state index contributed by atoms with van der Waals surface area (Å²) in [6.45, 7) is 15.6. The molecule has 206 valence electrons. The molecule has 1 saturated heterocycles. The molecule has 2 bridgehead atoms. The molecule has 3 heterocycles. The molecule has 0 radical (unpaired) electrons. The maximum Gasteiger partial charge on any atom is 0.407 e. The van der Waals surface area contributed by atoms with Crippen molar-refractivity contribution in [3.8, 4) is 0 Å². The Bertz CT molecular complexity index is 1100. The van der Waals surface area contributed by atoms with Crippen LogP contribution in [0, 0.1) is 24.4 Å². The maximum atomic E-state index is 14.3. The molecule has 7 nitrogen and oxygen atoms in total. The van der Waals surface area contributed by atoms with Gasteiger partial charge in [-0.2, -0.15) is 0 Å². The summed E-state index contributed by atoms with van der Waals surface area (Å²) in [5, 5.41) is 2.59. The number of hydrogen-bond acceptors (Lipinski definition) is 4. The third kappa shape index (κ3) is 7.05. The Morgan fingerprint density at radius 3 is 2.35 bits per heavy atom. The van der Waals surface area contributed by atoms with Gasteiger partial charge in [-0.05, 0) is 52.2 Å². The number of carbonyl (C=O) groups is 2. The van der Waals surface area contributed by atoms with Crippen LogP contribution < -0.4 is 5.32 Å². The van der Waals surface area contributed by atoms with Gasteiger partial charge in [-0.25, -0.2) is 22.9 Å². The summed E-state index contributed by atoms with van der Waals surface area (Å²) >= 11 is 0. The molecular formula is C27H39F3N4O3. The number of halogens is 3. The zero-order valence-electron chi connectivity index (χ0n) is 23.0. The van der Waals surface area contributed by atoms with Crippen molar-refractivity contribution >= 4 is 12.0 Å². The molecule has 1 aromatic carbocycles. The SMILES string of the molecule is CC.CC.Cc1cnc2n1C1CC2N(C(=O)CC(Cc2cc(F)c(F)cc2F)NC(=O)OC(C)(C)C)C1. The molecule has 3 unspecified atom stereocenters. The van der Waals surface area contributed by atoms with Gasteiger partial charge in [-0.1, -0.05) is 27.7 Å². The second kappa shape index (κ2) is 12.5. The average Bonchev–Trinajstić information content (AvgIpc) is 3.52. The van der Waals surface area contributed by atoms with Crippen molar-refractivity contribution in [2.75, 3.05) is 6.54 Å². The lowest BCUT2D eigenvalue weighted by Gasteiger charge is -2.30. The Morgan fingerprint density at radius 2 is 1.73 bits per heavy atom. The van der Waals surface area contributed by atoms with E-state index in [0.717, 1.165) is 24.0 Å². The fraction of sp³-hybridized carbons (Fsp3) is 0.593. The molecule has 37 heavy (non-hydrogen) atoms. The Hall–Kier alpha value is -3.04. The third-order valence-corrected chi connectivity index (χ3v) is 5.97. The number of aromatic nitrogens is 2. The minimum absolute atomic E-state index is 0.142. The summed E-state index contributed by atoms with van der Waals surface area (Å²) in [7, 11) is 0. The number of fused-ring (bicyclic) bond motifs is 5. The summed E-state index contributed by atoms with van der Waals surface area (Å²) in [5.41, 5.74) is 0.120. The van der Waals surface area contributed by atoms with Crippen LogP contribution in [-0.4, -0.2) is 44.6 Å². The third-order valence-electron chi connectivity index (χ3n) is 5.97. The summed E-state index contributed by atoms with van der Waals surface area (Å²) < 4.78 is 48.7. The fourth-order valence-corrected chi connectivity index (χ4v) is 4.67. The average molecular weight is 525 g/mol. The number of rotatable bonds is 5. The van der Waals surface area contributed by atoms with E-state index in [2.05, 4.69) is 14.9 Å². The summed E-state index contributed by atoms with van der Waals surface area (Å²) in [5.74, 6) is -2.86. The molecule has 0 aliphatic carbocycles. The lowest BCUT2D eigenvalue weighted by molar-refractivity contribution is -0.133. The van der Waals surface area contributed by atoms with Crippen LogP contribution in [0.3, 0.4) is 0 Å². The van der Waals surface area contributed by atoms with E-state index in [1.807, 2.05) is 34.6 Å². The smallest absolute Gasteiger partial charge is 0.407 e. The van der Waals surface area contributed by atoms with E-state index in [0.29, 0.717) is 12.6 Å². The van der Waals surface area contributed by atoms with E-state index < -0.39 is 35.2 Å². The Kier molecular flexibility index (Phi) is 10.2. The topological polar surface area (TPSA) is 76.5 Å². The van der Waals surface area contributed by atoms with E-state index in [9.17, 15) is 22.8 Å². The molecule has 0 spiro atoms. The highest BCUT2D eigenvalue weighted by molar-refractivity contribution is 5.79. The van der Waals surface area contributed by atoms with Gasteiger partial charge in [0.1, 0.15) is 17.2 Å². The number of alkyl carbamates (subject to hydrolysis) is 1. The van der Waals surface area contributed by atoms with E-state index in [1.54, 1.807) is 31.9 Å². The number of likely N-dealkylation sites (tertiary alicyclic amines) is 1. The van der Waals surface area contributed by atoms with Gasteiger partial charge >= 0.3 is 6.09 Å². The number of nitrogens with zero attached hydrogens (tertiary/aromatic N) is 3. The van der Waals surface area contributed by atoms with Crippen LogP contribution in [0.15, 0.2) is 18.3 Å². The van der Waals surface area contributed by atoms with E-state index in [1.165, 1.54) is 0 Å². The van der Waals surface area contributed by atoms with Crippen LogP contribution >= 0.6 is 0 Å². The minimum Gasteiger partial charge on any atom is -0.444 e. The molecule has 1 aromatic heterocycles. The van der Waals surface area contributed by atoms with Crippen molar-refractivity contribution in [1.29, 1.82) is 0 Å². The first-order valence-electron chi connectivity index (χ1n) is 12.9.